The van der Waals surface area contributed by atoms with Crippen LogP contribution in [0.3, 0.4) is 0 Å². The lowest BCUT2D eigenvalue weighted by Gasteiger charge is -2.23. The summed E-state index contributed by atoms with van der Waals surface area (Å²) in [4.78, 5) is 23.0. The van der Waals surface area contributed by atoms with Crippen LogP contribution in [0.5, 0.6) is 0 Å². The van der Waals surface area contributed by atoms with Crippen LogP contribution in [0, 0.1) is 0 Å². The van der Waals surface area contributed by atoms with Gasteiger partial charge in [0, 0.05) is 11.0 Å². The molecule has 0 radical (unpaired) electrons. The van der Waals surface area contributed by atoms with E-state index in [0.717, 1.165) is 4.47 Å². The van der Waals surface area contributed by atoms with E-state index in [1.807, 2.05) is 0 Å². The normalized spacial score (nSPS) is 18.9. The van der Waals surface area contributed by atoms with Crippen molar-refractivity contribution in [2.45, 2.75) is 6.04 Å². The SMILES string of the molecule is O=C1CNC(C(=O)Nc2c(Cl)cc(Br)cc2Cl)CN1. The topological polar surface area (TPSA) is 70.2 Å². The molecule has 1 aromatic carbocycles. The molecular formula is C11H10BrCl2N3O2. The number of benzene rings is 1. The van der Waals surface area contributed by atoms with Crippen molar-refractivity contribution in [1.82, 2.24) is 10.6 Å². The maximum absolute atomic E-state index is 12.0. The van der Waals surface area contributed by atoms with E-state index >= 15 is 0 Å². The third-order valence-electron chi connectivity index (χ3n) is 2.58. The van der Waals surface area contributed by atoms with Crippen LogP contribution < -0.4 is 16.0 Å². The zero-order valence-electron chi connectivity index (χ0n) is 9.60. The largest absolute Gasteiger partial charge is 0.353 e. The summed E-state index contributed by atoms with van der Waals surface area (Å²) in [6.45, 7) is 0.344. The number of nitrogens with one attached hydrogen (secondary N) is 3. The molecule has 1 fully saturated rings. The second kappa shape index (κ2) is 6.09. The number of halogens is 3. The van der Waals surface area contributed by atoms with Gasteiger partial charge in [0.1, 0.15) is 6.04 Å². The summed E-state index contributed by atoms with van der Waals surface area (Å²) in [5.41, 5.74) is 0.357. The number of anilines is 1. The van der Waals surface area contributed by atoms with Crippen LogP contribution in [0.1, 0.15) is 0 Å². The minimum absolute atomic E-state index is 0.111. The minimum atomic E-state index is -0.506. The van der Waals surface area contributed by atoms with Gasteiger partial charge < -0.3 is 10.6 Å². The predicted molar refractivity (Wildman–Crippen MR) is 77.6 cm³/mol. The molecule has 8 heteroatoms. The second-order valence-electron chi connectivity index (χ2n) is 3.97. The summed E-state index contributed by atoms with van der Waals surface area (Å²) >= 11 is 15.3. The number of hydrogen-bond donors (Lipinski definition) is 3. The number of piperazine rings is 1. The first-order valence-electron chi connectivity index (χ1n) is 5.43. The van der Waals surface area contributed by atoms with Crippen LogP contribution in [-0.2, 0) is 9.59 Å². The van der Waals surface area contributed by atoms with Gasteiger partial charge in [-0.1, -0.05) is 39.1 Å². The molecular weight excluding hydrogens is 357 g/mol. The molecule has 102 valence electrons. The Morgan fingerprint density at radius 3 is 2.53 bits per heavy atom. The van der Waals surface area contributed by atoms with Gasteiger partial charge in [0.2, 0.25) is 11.8 Å². The van der Waals surface area contributed by atoms with Crippen molar-refractivity contribution in [3.63, 3.8) is 0 Å². The zero-order chi connectivity index (χ0) is 14.0. The quantitative estimate of drug-likeness (QED) is 0.747. The van der Waals surface area contributed by atoms with Crippen molar-refractivity contribution in [2.75, 3.05) is 18.4 Å². The van der Waals surface area contributed by atoms with E-state index in [4.69, 9.17) is 23.2 Å². The monoisotopic (exact) mass is 365 g/mol. The fourth-order valence-corrected chi connectivity index (χ4v) is 2.93. The number of carbonyl (C=O) groups is 2. The van der Waals surface area contributed by atoms with Crippen LogP contribution >= 0.6 is 39.1 Å². The van der Waals surface area contributed by atoms with E-state index in [9.17, 15) is 9.59 Å². The average Bonchev–Trinajstić information content (AvgIpc) is 2.34. The first kappa shape index (κ1) is 14.6. The number of carbonyl (C=O) groups excluding carboxylic acids is 2. The molecule has 1 heterocycles. The molecule has 1 aliphatic heterocycles. The van der Waals surface area contributed by atoms with Gasteiger partial charge in [0.25, 0.3) is 0 Å². The third kappa shape index (κ3) is 3.60. The Morgan fingerprint density at radius 1 is 1.37 bits per heavy atom. The molecule has 0 spiro atoms. The van der Waals surface area contributed by atoms with Crippen LogP contribution in [0.4, 0.5) is 5.69 Å². The van der Waals surface area contributed by atoms with Gasteiger partial charge in [-0.05, 0) is 12.1 Å². The van der Waals surface area contributed by atoms with Gasteiger partial charge in [-0.25, -0.2) is 0 Å². The van der Waals surface area contributed by atoms with E-state index in [1.54, 1.807) is 12.1 Å². The molecule has 2 amide bonds. The molecule has 1 atom stereocenters. The van der Waals surface area contributed by atoms with Gasteiger partial charge in [-0.15, -0.1) is 0 Å². The third-order valence-corrected chi connectivity index (χ3v) is 3.64. The van der Waals surface area contributed by atoms with Crippen molar-refractivity contribution < 1.29 is 9.59 Å². The van der Waals surface area contributed by atoms with E-state index < -0.39 is 6.04 Å². The van der Waals surface area contributed by atoms with Crippen LogP contribution in [0.2, 0.25) is 10.0 Å². The molecule has 2 rings (SSSR count). The molecule has 19 heavy (non-hydrogen) atoms. The number of rotatable bonds is 2. The van der Waals surface area contributed by atoms with Gasteiger partial charge >= 0.3 is 0 Å². The summed E-state index contributed by atoms with van der Waals surface area (Å²) in [5, 5.41) is 8.75. The standard InChI is InChI=1S/C11H10BrCl2N3O2/c12-5-1-6(13)10(7(14)2-5)17-11(19)8-3-16-9(18)4-15-8/h1-2,8,15H,3-4H2,(H,16,18)(H,17,19). The first-order valence-corrected chi connectivity index (χ1v) is 6.98. The van der Waals surface area contributed by atoms with Crippen molar-refractivity contribution in [2.24, 2.45) is 0 Å². The predicted octanol–water partition coefficient (Wildman–Crippen LogP) is 1.78. The Kier molecular flexibility index (Phi) is 4.67. The van der Waals surface area contributed by atoms with Crippen molar-refractivity contribution >= 4 is 56.6 Å². The summed E-state index contributed by atoms with van der Waals surface area (Å²) < 4.78 is 0.726. The Morgan fingerprint density at radius 2 is 2.00 bits per heavy atom. The highest BCUT2D eigenvalue weighted by atomic mass is 79.9. The molecule has 1 unspecified atom stereocenters. The number of hydrogen-bond acceptors (Lipinski definition) is 3. The van der Waals surface area contributed by atoms with Crippen LogP contribution in [0.25, 0.3) is 0 Å². The van der Waals surface area contributed by atoms with Gasteiger partial charge in [-0.2, -0.15) is 0 Å². The average molecular weight is 367 g/mol. The molecule has 1 aliphatic rings. The fraction of sp³-hybridized carbons (Fsp3) is 0.273. The zero-order valence-corrected chi connectivity index (χ0v) is 12.7. The summed E-state index contributed by atoms with van der Waals surface area (Å²) in [7, 11) is 0. The summed E-state index contributed by atoms with van der Waals surface area (Å²) in [6.07, 6.45) is 0. The lowest BCUT2D eigenvalue weighted by molar-refractivity contribution is -0.124. The Hall–Kier alpha value is -0.820. The molecule has 5 nitrogen and oxygen atoms in total. The molecule has 0 bridgehead atoms. The molecule has 0 saturated carbocycles. The Labute approximate surface area is 128 Å². The maximum atomic E-state index is 12.0. The maximum Gasteiger partial charge on any atom is 0.243 e. The van der Waals surface area contributed by atoms with Crippen LogP contribution in [0.15, 0.2) is 16.6 Å². The molecule has 0 aliphatic carbocycles. The first-order chi connectivity index (χ1) is 8.97. The molecule has 3 N–H and O–H groups in total. The molecule has 1 saturated heterocycles. The highest BCUT2D eigenvalue weighted by Gasteiger charge is 2.24. The van der Waals surface area contributed by atoms with E-state index in [1.165, 1.54) is 0 Å². The van der Waals surface area contributed by atoms with Crippen molar-refractivity contribution in [3.05, 3.63) is 26.7 Å². The van der Waals surface area contributed by atoms with Crippen LogP contribution in [-0.4, -0.2) is 30.9 Å². The van der Waals surface area contributed by atoms with Crippen molar-refractivity contribution in [1.29, 1.82) is 0 Å². The van der Waals surface area contributed by atoms with Crippen molar-refractivity contribution in [3.8, 4) is 0 Å². The lowest BCUT2D eigenvalue weighted by atomic mass is 10.2. The minimum Gasteiger partial charge on any atom is -0.353 e. The Bertz CT molecular complexity index is 506. The van der Waals surface area contributed by atoms with E-state index in [0.29, 0.717) is 15.7 Å². The van der Waals surface area contributed by atoms with Gasteiger partial charge in [0.15, 0.2) is 0 Å². The summed E-state index contributed by atoms with van der Waals surface area (Å²) in [6, 6.07) is 2.77. The smallest absolute Gasteiger partial charge is 0.243 e. The number of amides is 2. The van der Waals surface area contributed by atoms with E-state index in [2.05, 4.69) is 31.9 Å². The van der Waals surface area contributed by atoms with Gasteiger partial charge in [0.05, 0.1) is 22.3 Å². The second-order valence-corrected chi connectivity index (χ2v) is 5.70. The van der Waals surface area contributed by atoms with Gasteiger partial charge in [-0.3, -0.25) is 14.9 Å². The summed E-state index contributed by atoms with van der Waals surface area (Å²) in [5.74, 6) is -0.435. The highest BCUT2D eigenvalue weighted by Crippen LogP contribution is 2.33. The highest BCUT2D eigenvalue weighted by molar-refractivity contribution is 9.10. The Balaban J connectivity index is 2.09. The molecule has 1 aromatic rings. The molecule has 0 aromatic heterocycles. The fourth-order valence-electron chi connectivity index (χ4n) is 1.62. The van der Waals surface area contributed by atoms with E-state index in [-0.39, 0.29) is 24.9 Å². The lowest BCUT2D eigenvalue weighted by Crippen LogP contribution is -2.56.